The van der Waals surface area contributed by atoms with E-state index in [0.29, 0.717) is 12.1 Å². The van der Waals surface area contributed by atoms with Gasteiger partial charge in [0.25, 0.3) is 0 Å². The average Bonchev–Trinajstić information content (AvgIpc) is 3.22. The largest absolute Gasteiger partial charge is 0.300 e. The molecule has 0 amide bonds. The smallest absolute Gasteiger partial charge is 0.108 e. The van der Waals surface area contributed by atoms with Crippen LogP contribution >= 0.6 is 0 Å². The second-order valence-electron chi connectivity index (χ2n) is 7.76. The van der Waals surface area contributed by atoms with Crippen molar-refractivity contribution in [1.29, 1.82) is 5.26 Å². The molecule has 0 bridgehead atoms. The third-order valence-electron chi connectivity index (χ3n) is 5.41. The van der Waals surface area contributed by atoms with Crippen molar-refractivity contribution in [3.05, 3.63) is 0 Å². The lowest BCUT2D eigenvalue weighted by Crippen LogP contribution is -2.55. The van der Waals surface area contributed by atoms with E-state index < -0.39 is 0 Å². The summed E-state index contributed by atoms with van der Waals surface area (Å²) in [6.45, 7) is 7.23. The van der Waals surface area contributed by atoms with Crippen LogP contribution < -0.4 is 5.32 Å². The van der Waals surface area contributed by atoms with Gasteiger partial charge < -0.3 is 0 Å². The highest BCUT2D eigenvalue weighted by Crippen LogP contribution is 2.36. The molecular formula is C17H29N3. The summed E-state index contributed by atoms with van der Waals surface area (Å²) >= 11 is 0. The molecule has 3 rings (SSSR count). The van der Waals surface area contributed by atoms with Crippen LogP contribution in [0.15, 0.2) is 0 Å². The van der Waals surface area contributed by atoms with Gasteiger partial charge in [-0.05, 0) is 56.8 Å². The number of nitriles is 1. The van der Waals surface area contributed by atoms with Crippen molar-refractivity contribution in [3.8, 4) is 6.07 Å². The molecule has 0 aromatic carbocycles. The Labute approximate surface area is 123 Å². The van der Waals surface area contributed by atoms with Crippen LogP contribution in [0.4, 0.5) is 0 Å². The van der Waals surface area contributed by atoms with Crippen molar-refractivity contribution in [3.63, 3.8) is 0 Å². The van der Waals surface area contributed by atoms with Gasteiger partial charge in [-0.1, -0.05) is 13.8 Å². The van der Waals surface area contributed by atoms with E-state index in [1.165, 1.54) is 45.2 Å². The maximum absolute atomic E-state index is 9.71. The fourth-order valence-corrected chi connectivity index (χ4v) is 4.45. The van der Waals surface area contributed by atoms with Crippen LogP contribution in [0.5, 0.6) is 0 Å². The lowest BCUT2D eigenvalue weighted by molar-refractivity contribution is 0.0578. The number of piperidine rings is 1. The fraction of sp³-hybridized carbons (Fsp3) is 0.941. The van der Waals surface area contributed by atoms with E-state index in [-0.39, 0.29) is 5.54 Å². The topological polar surface area (TPSA) is 39.1 Å². The van der Waals surface area contributed by atoms with Gasteiger partial charge in [0, 0.05) is 25.2 Å². The summed E-state index contributed by atoms with van der Waals surface area (Å²) in [5, 5.41) is 13.4. The van der Waals surface area contributed by atoms with E-state index in [1.54, 1.807) is 0 Å². The molecule has 1 aliphatic heterocycles. The van der Waals surface area contributed by atoms with Crippen LogP contribution in [0, 0.1) is 23.2 Å². The Bertz CT molecular complexity index is 374. The molecule has 2 aliphatic carbocycles. The number of likely N-dealkylation sites (tertiary alicyclic amines) is 1. The minimum atomic E-state index is -0.228. The Balaban J connectivity index is 1.66. The van der Waals surface area contributed by atoms with Gasteiger partial charge in [0.2, 0.25) is 0 Å². The van der Waals surface area contributed by atoms with Gasteiger partial charge in [-0.3, -0.25) is 10.2 Å². The first-order valence-corrected chi connectivity index (χ1v) is 8.53. The fourth-order valence-electron chi connectivity index (χ4n) is 4.45. The van der Waals surface area contributed by atoms with Gasteiger partial charge >= 0.3 is 0 Å². The Kier molecular flexibility index (Phi) is 4.06. The van der Waals surface area contributed by atoms with Crippen molar-refractivity contribution >= 4 is 0 Å². The molecule has 3 nitrogen and oxygen atoms in total. The Morgan fingerprint density at radius 1 is 1.15 bits per heavy atom. The second-order valence-corrected chi connectivity index (χ2v) is 7.76. The highest BCUT2D eigenvalue weighted by molar-refractivity contribution is 5.13. The summed E-state index contributed by atoms with van der Waals surface area (Å²) in [6.07, 6.45) is 8.49. The SMILES string of the molecule is CC1CC(C)CN(C2CCCC(C#N)(NC3CC3)C2)C1. The molecule has 0 spiro atoms. The standard InChI is InChI=1S/C17H29N3/c1-13-8-14(2)11-20(10-13)16-4-3-7-17(9-16,12-18)19-15-5-6-15/h13-16,19H,3-11H2,1-2H3. The van der Waals surface area contributed by atoms with Gasteiger partial charge in [0.05, 0.1) is 6.07 Å². The quantitative estimate of drug-likeness (QED) is 0.861. The third kappa shape index (κ3) is 3.18. The zero-order valence-electron chi connectivity index (χ0n) is 13.1. The predicted octanol–water partition coefficient (Wildman–Crippen LogP) is 2.92. The zero-order valence-corrected chi connectivity index (χ0v) is 13.1. The van der Waals surface area contributed by atoms with Crippen LogP contribution in [0.1, 0.15) is 58.8 Å². The van der Waals surface area contributed by atoms with Crippen molar-refractivity contribution in [2.24, 2.45) is 11.8 Å². The molecule has 0 aromatic heterocycles. The number of rotatable bonds is 3. The normalized spacial score (nSPS) is 43.1. The maximum Gasteiger partial charge on any atom is 0.108 e. The van der Waals surface area contributed by atoms with Crippen LogP contribution in [0.3, 0.4) is 0 Å². The van der Waals surface area contributed by atoms with Crippen LogP contribution in [-0.4, -0.2) is 35.6 Å². The van der Waals surface area contributed by atoms with Gasteiger partial charge in [0.1, 0.15) is 5.54 Å². The molecule has 112 valence electrons. The molecule has 1 N–H and O–H groups in total. The molecule has 3 fully saturated rings. The van der Waals surface area contributed by atoms with E-state index in [0.717, 1.165) is 24.7 Å². The zero-order chi connectivity index (χ0) is 14.2. The van der Waals surface area contributed by atoms with E-state index in [9.17, 15) is 5.26 Å². The Hall–Kier alpha value is -0.590. The summed E-state index contributed by atoms with van der Waals surface area (Å²) < 4.78 is 0. The number of hydrogen-bond acceptors (Lipinski definition) is 3. The average molecular weight is 275 g/mol. The maximum atomic E-state index is 9.71. The highest BCUT2D eigenvalue weighted by Gasteiger charge is 2.42. The van der Waals surface area contributed by atoms with Crippen molar-refractivity contribution in [2.75, 3.05) is 13.1 Å². The molecule has 2 saturated carbocycles. The highest BCUT2D eigenvalue weighted by atomic mass is 15.2. The molecule has 0 radical (unpaired) electrons. The van der Waals surface area contributed by atoms with Crippen molar-refractivity contribution in [1.82, 2.24) is 10.2 Å². The molecule has 20 heavy (non-hydrogen) atoms. The Morgan fingerprint density at radius 3 is 2.45 bits per heavy atom. The van der Waals surface area contributed by atoms with Crippen LogP contribution in [0.25, 0.3) is 0 Å². The monoisotopic (exact) mass is 275 g/mol. The lowest BCUT2D eigenvalue weighted by Gasteiger charge is -2.45. The second kappa shape index (κ2) is 5.66. The number of hydrogen-bond donors (Lipinski definition) is 1. The van der Waals surface area contributed by atoms with Crippen molar-refractivity contribution in [2.45, 2.75) is 76.4 Å². The molecular weight excluding hydrogens is 246 g/mol. The molecule has 1 saturated heterocycles. The van der Waals surface area contributed by atoms with Gasteiger partial charge in [-0.25, -0.2) is 0 Å². The first-order valence-electron chi connectivity index (χ1n) is 8.53. The van der Waals surface area contributed by atoms with Crippen LogP contribution in [0.2, 0.25) is 0 Å². The van der Waals surface area contributed by atoms with E-state index in [2.05, 4.69) is 30.1 Å². The summed E-state index contributed by atoms with van der Waals surface area (Å²) in [7, 11) is 0. The first-order chi connectivity index (χ1) is 9.60. The van der Waals surface area contributed by atoms with Gasteiger partial charge in [0.15, 0.2) is 0 Å². The van der Waals surface area contributed by atoms with E-state index in [4.69, 9.17) is 0 Å². The molecule has 3 heteroatoms. The molecule has 4 unspecified atom stereocenters. The minimum Gasteiger partial charge on any atom is -0.300 e. The summed E-state index contributed by atoms with van der Waals surface area (Å²) in [6, 6.07) is 3.90. The Morgan fingerprint density at radius 2 is 1.85 bits per heavy atom. The summed E-state index contributed by atoms with van der Waals surface area (Å²) in [5.74, 6) is 1.63. The van der Waals surface area contributed by atoms with E-state index in [1.807, 2.05) is 0 Å². The molecule has 3 aliphatic rings. The number of nitrogens with one attached hydrogen (secondary N) is 1. The molecule has 0 aromatic rings. The van der Waals surface area contributed by atoms with Crippen LogP contribution in [-0.2, 0) is 0 Å². The third-order valence-corrected chi connectivity index (χ3v) is 5.41. The first kappa shape index (κ1) is 14.4. The van der Waals surface area contributed by atoms with Gasteiger partial charge in [-0.2, -0.15) is 5.26 Å². The minimum absolute atomic E-state index is 0.228. The van der Waals surface area contributed by atoms with Gasteiger partial charge in [-0.15, -0.1) is 0 Å². The predicted molar refractivity (Wildman–Crippen MR) is 81.3 cm³/mol. The summed E-state index contributed by atoms with van der Waals surface area (Å²) in [4.78, 5) is 2.69. The van der Waals surface area contributed by atoms with E-state index >= 15 is 0 Å². The molecule has 4 atom stereocenters. The molecule has 1 heterocycles. The van der Waals surface area contributed by atoms with Crippen molar-refractivity contribution < 1.29 is 0 Å². The number of nitrogens with zero attached hydrogens (tertiary/aromatic N) is 2. The lowest BCUT2D eigenvalue weighted by atomic mass is 9.78. The summed E-state index contributed by atoms with van der Waals surface area (Å²) in [5.41, 5.74) is -0.228.